The highest BCUT2D eigenvalue weighted by Crippen LogP contribution is 2.23. The zero-order chi connectivity index (χ0) is 21.6. The van der Waals surface area contributed by atoms with Gasteiger partial charge in [-0.2, -0.15) is 4.31 Å². The molecule has 1 fully saturated rings. The van der Waals surface area contributed by atoms with Gasteiger partial charge in [0.1, 0.15) is 18.1 Å². The Bertz CT molecular complexity index is 942. The second-order valence-electron chi connectivity index (χ2n) is 6.94. The number of nitrogens with zero attached hydrogens (tertiary/aromatic N) is 1. The summed E-state index contributed by atoms with van der Waals surface area (Å²) < 4.78 is 37.7. The molecular formula is C21H25ClN2O5S. The molecule has 0 saturated carbocycles. The number of benzene rings is 2. The van der Waals surface area contributed by atoms with Crippen LogP contribution in [0.5, 0.6) is 11.5 Å². The highest BCUT2D eigenvalue weighted by atomic mass is 35.5. The van der Waals surface area contributed by atoms with Gasteiger partial charge in [-0.05, 0) is 68.3 Å². The summed E-state index contributed by atoms with van der Waals surface area (Å²) in [6.45, 7) is 3.34. The van der Waals surface area contributed by atoms with Gasteiger partial charge in [-0.3, -0.25) is 4.79 Å². The lowest BCUT2D eigenvalue weighted by molar-refractivity contribution is -0.127. The van der Waals surface area contributed by atoms with Crippen LogP contribution in [0.25, 0.3) is 0 Å². The fraction of sp³-hybridized carbons (Fsp3) is 0.381. The Morgan fingerprint density at radius 2 is 1.67 bits per heavy atom. The Kier molecular flexibility index (Phi) is 7.58. The van der Waals surface area contributed by atoms with Crippen LogP contribution >= 0.6 is 11.6 Å². The van der Waals surface area contributed by atoms with Gasteiger partial charge in [-0.25, -0.2) is 8.42 Å². The third-order valence-corrected chi connectivity index (χ3v) is 6.86. The zero-order valence-electron chi connectivity index (χ0n) is 16.7. The minimum atomic E-state index is -3.43. The molecule has 1 aliphatic heterocycles. The molecule has 0 aliphatic carbocycles. The Balaban J connectivity index is 1.41. The molecule has 1 saturated heterocycles. The summed E-state index contributed by atoms with van der Waals surface area (Å²) in [7, 11) is -3.43. The normalized spacial score (nSPS) is 15.5. The van der Waals surface area contributed by atoms with Crippen molar-refractivity contribution in [3.63, 3.8) is 0 Å². The first-order chi connectivity index (χ1) is 14.4. The summed E-state index contributed by atoms with van der Waals surface area (Å²) in [5.41, 5.74) is 0. The Hall–Kier alpha value is -2.29. The molecule has 1 aliphatic rings. The number of hydrogen-bond acceptors (Lipinski definition) is 5. The van der Waals surface area contributed by atoms with Crippen molar-refractivity contribution in [1.29, 1.82) is 0 Å². The first-order valence-electron chi connectivity index (χ1n) is 9.79. The van der Waals surface area contributed by atoms with E-state index in [0.717, 1.165) is 12.8 Å². The third-order valence-electron chi connectivity index (χ3n) is 4.69. The number of hydrogen-bond donors (Lipinski definition) is 1. The lowest BCUT2D eigenvalue weighted by Crippen LogP contribution is -2.38. The van der Waals surface area contributed by atoms with Gasteiger partial charge in [0.15, 0.2) is 6.10 Å². The number of sulfonamides is 1. The molecule has 7 nitrogen and oxygen atoms in total. The molecule has 0 spiro atoms. The highest BCUT2D eigenvalue weighted by Gasteiger charge is 2.26. The first kappa shape index (κ1) is 22.4. The number of rotatable bonds is 9. The van der Waals surface area contributed by atoms with Crippen LogP contribution in [0.15, 0.2) is 53.4 Å². The maximum atomic E-state index is 12.5. The van der Waals surface area contributed by atoms with Crippen molar-refractivity contribution in [3.05, 3.63) is 53.6 Å². The van der Waals surface area contributed by atoms with Gasteiger partial charge in [0, 0.05) is 18.1 Å². The average Bonchev–Trinajstić information content (AvgIpc) is 3.29. The van der Waals surface area contributed by atoms with E-state index in [1.165, 1.54) is 4.31 Å². The number of amides is 1. The van der Waals surface area contributed by atoms with Crippen molar-refractivity contribution in [2.75, 3.05) is 26.2 Å². The second kappa shape index (κ2) is 10.1. The van der Waals surface area contributed by atoms with Gasteiger partial charge in [-0.1, -0.05) is 11.6 Å². The lowest BCUT2D eigenvalue weighted by Gasteiger charge is -2.16. The van der Waals surface area contributed by atoms with E-state index in [2.05, 4.69) is 5.32 Å². The lowest BCUT2D eigenvalue weighted by atomic mass is 10.3. The van der Waals surface area contributed by atoms with Gasteiger partial charge in [-0.15, -0.1) is 0 Å². The molecule has 3 rings (SSSR count). The molecule has 1 amide bonds. The number of nitrogens with one attached hydrogen (secondary N) is 1. The van der Waals surface area contributed by atoms with Crippen LogP contribution in [-0.2, 0) is 14.8 Å². The predicted molar refractivity (Wildman–Crippen MR) is 114 cm³/mol. The topological polar surface area (TPSA) is 84.9 Å². The maximum absolute atomic E-state index is 12.5. The number of carbonyl (C=O) groups is 1. The van der Waals surface area contributed by atoms with Crippen LogP contribution in [0.3, 0.4) is 0 Å². The average molecular weight is 453 g/mol. The van der Waals surface area contributed by atoms with E-state index >= 15 is 0 Å². The first-order valence-corrected chi connectivity index (χ1v) is 11.6. The van der Waals surface area contributed by atoms with Crippen LogP contribution in [0, 0.1) is 0 Å². The van der Waals surface area contributed by atoms with Crippen molar-refractivity contribution in [2.45, 2.75) is 30.8 Å². The molecule has 1 unspecified atom stereocenters. The van der Waals surface area contributed by atoms with Gasteiger partial charge >= 0.3 is 0 Å². The molecule has 0 bridgehead atoms. The largest absolute Gasteiger partial charge is 0.492 e. The predicted octanol–water partition coefficient (Wildman–Crippen LogP) is 3.09. The number of ether oxygens (including phenoxy) is 2. The van der Waals surface area contributed by atoms with Crippen molar-refractivity contribution >= 4 is 27.5 Å². The van der Waals surface area contributed by atoms with Crippen LogP contribution in [0.1, 0.15) is 19.8 Å². The Morgan fingerprint density at radius 3 is 2.30 bits per heavy atom. The molecular weight excluding hydrogens is 428 g/mol. The summed E-state index contributed by atoms with van der Waals surface area (Å²) in [5, 5.41) is 3.34. The summed E-state index contributed by atoms with van der Waals surface area (Å²) in [4.78, 5) is 12.4. The van der Waals surface area contributed by atoms with Crippen LogP contribution in [-0.4, -0.2) is 51.0 Å². The fourth-order valence-electron chi connectivity index (χ4n) is 3.04. The van der Waals surface area contributed by atoms with E-state index in [9.17, 15) is 13.2 Å². The monoisotopic (exact) mass is 452 g/mol. The Morgan fingerprint density at radius 1 is 1.07 bits per heavy atom. The minimum absolute atomic E-state index is 0.248. The number of halogens is 1. The van der Waals surface area contributed by atoms with E-state index in [-0.39, 0.29) is 17.4 Å². The maximum Gasteiger partial charge on any atom is 0.260 e. The smallest absolute Gasteiger partial charge is 0.260 e. The summed E-state index contributed by atoms with van der Waals surface area (Å²) >= 11 is 5.83. The minimum Gasteiger partial charge on any atom is -0.492 e. The van der Waals surface area contributed by atoms with E-state index < -0.39 is 16.1 Å². The molecule has 0 aromatic heterocycles. The van der Waals surface area contributed by atoms with Gasteiger partial charge in [0.05, 0.1) is 11.4 Å². The van der Waals surface area contributed by atoms with Crippen LogP contribution < -0.4 is 14.8 Å². The second-order valence-corrected chi connectivity index (χ2v) is 9.31. The van der Waals surface area contributed by atoms with Crippen molar-refractivity contribution in [1.82, 2.24) is 9.62 Å². The summed E-state index contributed by atoms with van der Waals surface area (Å²) in [6.07, 6.45) is 1.13. The summed E-state index contributed by atoms with van der Waals surface area (Å²) in [6, 6.07) is 13.1. The SMILES string of the molecule is CC(Oc1ccc(Cl)cc1)C(=O)NCCOc1ccc(S(=O)(=O)N2CCCC2)cc1. The van der Waals surface area contributed by atoms with E-state index in [1.807, 2.05) is 0 Å². The van der Waals surface area contributed by atoms with Crippen LogP contribution in [0.4, 0.5) is 0 Å². The van der Waals surface area contributed by atoms with E-state index in [0.29, 0.717) is 36.2 Å². The van der Waals surface area contributed by atoms with E-state index in [1.54, 1.807) is 55.5 Å². The standard InChI is InChI=1S/C21H25ClN2O5S/c1-16(29-19-6-4-17(22)5-7-19)21(25)23-12-15-28-18-8-10-20(11-9-18)30(26,27)24-13-2-3-14-24/h4-11,16H,2-3,12-15H2,1H3,(H,23,25). The fourth-order valence-corrected chi connectivity index (χ4v) is 4.69. The zero-order valence-corrected chi connectivity index (χ0v) is 18.3. The van der Waals surface area contributed by atoms with Crippen molar-refractivity contribution in [2.24, 2.45) is 0 Å². The molecule has 9 heteroatoms. The highest BCUT2D eigenvalue weighted by molar-refractivity contribution is 7.89. The molecule has 162 valence electrons. The van der Waals surface area contributed by atoms with Gasteiger partial charge < -0.3 is 14.8 Å². The van der Waals surface area contributed by atoms with Crippen molar-refractivity contribution < 1.29 is 22.7 Å². The van der Waals surface area contributed by atoms with E-state index in [4.69, 9.17) is 21.1 Å². The molecule has 2 aromatic rings. The molecule has 1 N–H and O–H groups in total. The molecule has 1 atom stereocenters. The summed E-state index contributed by atoms with van der Waals surface area (Å²) in [5.74, 6) is 0.831. The quantitative estimate of drug-likeness (QED) is 0.591. The van der Waals surface area contributed by atoms with Crippen molar-refractivity contribution in [3.8, 4) is 11.5 Å². The van der Waals surface area contributed by atoms with Gasteiger partial charge in [0.2, 0.25) is 10.0 Å². The molecule has 2 aromatic carbocycles. The molecule has 30 heavy (non-hydrogen) atoms. The third kappa shape index (κ3) is 5.87. The molecule has 0 radical (unpaired) electrons. The van der Waals surface area contributed by atoms with Gasteiger partial charge in [0.25, 0.3) is 5.91 Å². The Labute approximate surface area is 182 Å². The van der Waals surface area contributed by atoms with Crippen LogP contribution in [0.2, 0.25) is 5.02 Å². The molecule has 1 heterocycles. The number of carbonyl (C=O) groups excluding carboxylic acids is 1.